The van der Waals surface area contributed by atoms with Gasteiger partial charge in [-0.05, 0) is 19.3 Å². The van der Waals surface area contributed by atoms with Crippen molar-refractivity contribution in [1.82, 2.24) is 0 Å². The summed E-state index contributed by atoms with van der Waals surface area (Å²) in [6.07, 6.45) is 3.47. The van der Waals surface area contributed by atoms with Crippen LogP contribution in [0.1, 0.15) is 46.5 Å². The summed E-state index contributed by atoms with van der Waals surface area (Å²) in [5.41, 5.74) is 0. The van der Waals surface area contributed by atoms with E-state index in [-0.39, 0.29) is 30.3 Å². The van der Waals surface area contributed by atoms with Gasteiger partial charge in [-0.25, -0.2) is 0 Å². The van der Waals surface area contributed by atoms with Crippen molar-refractivity contribution in [2.24, 2.45) is 11.8 Å². The van der Waals surface area contributed by atoms with E-state index in [1.807, 2.05) is 13.8 Å². The van der Waals surface area contributed by atoms with Gasteiger partial charge < -0.3 is 19.4 Å². The predicted molar refractivity (Wildman–Crippen MR) is 69.2 cm³/mol. The van der Waals surface area contributed by atoms with Crippen LogP contribution in [0.3, 0.4) is 0 Å². The third-order valence-electron chi connectivity index (χ3n) is 3.80. The van der Waals surface area contributed by atoms with E-state index in [0.29, 0.717) is 13.0 Å². The molecule has 0 bridgehead atoms. The van der Waals surface area contributed by atoms with E-state index in [2.05, 4.69) is 6.92 Å². The molecule has 1 N–H and O–H groups in total. The second kappa shape index (κ2) is 7.87. The maximum absolute atomic E-state index is 10.2. The van der Waals surface area contributed by atoms with E-state index in [0.717, 1.165) is 25.5 Å². The van der Waals surface area contributed by atoms with Crippen LogP contribution < -0.4 is 0 Å². The van der Waals surface area contributed by atoms with Gasteiger partial charge in [0.2, 0.25) is 0 Å². The number of carbonyl (C=O) groups is 1. The van der Waals surface area contributed by atoms with E-state index >= 15 is 0 Å². The summed E-state index contributed by atoms with van der Waals surface area (Å²) in [5.74, 6) is 0.147. The molecular weight excluding hydrogens is 232 g/mol. The fourth-order valence-corrected chi connectivity index (χ4v) is 2.47. The molecule has 0 spiro atoms. The highest BCUT2D eigenvalue weighted by Crippen LogP contribution is 2.32. The average molecular weight is 258 g/mol. The molecule has 0 aromatic heterocycles. The fraction of sp³-hybridized carbons (Fsp3) is 0.929. The van der Waals surface area contributed by atoms with Crippen molar-refractivity contribution in [2.45, 2.75) is 65.0 Å². The Morgan fingerprint density at radius 1 is 1.28 bits per heavy atom. The Balaban J connectivity index is 2.37. The van der Waals surface area contributed by atoms with Gasteiger partial charge in [-0.2, -0.15) is 0 Å². The summed E-state index contributed by atoms with van der Waals surface area (Å²) in [6.45, 7) is 6.63. The third kappa shape index (κ3) is 4.04. The normalized spacial score (nSPS) is 36.6. The fourth-order valence-electron chi connectivity index (χ4n) is 2.47. The van der Waals surface area contributed by atoms with Crippen LogP contribution in [0, 0.1) is 11.8 Å². The first-order valence-corrected chi connectivity index (χ1v) is 7.00. The molecule has 1 aliphatic heterocycles. The molecule has 1 saturated heterocycles. The standard InChI is InChI=1S/C14H26O4/c1-4-12-10(2)13(16)11(3)14(18-12)17-9-7-5-6-8-15/h8,10-14,16H,4-7,9H2,1-3H3. The number of aliphatic hydroxyl groups is 1. The zero-order valence-electron chi connectivity index (χ0n) is 11.7. The smallest absolute Gasteiger partial charge is 0.162 e. The quantitative estimate of drug-likeness (QED) is 0.561. The van der Waals surface area contributed by atoms with Crippen molar-refractivity contribution in [2.75, 3.05) is 6.61 Å². The van der Waals surface area contributed by atoms with Gasteiger partial charge in [-0.1, -0.05) is 20.8 Å². The highest BCUT2D eigenvalue weighted by Gasteiger charge is 2.40. The van der Waals surface area contributed by atoms with E-state index in [1.54, 1.807) is 0 Å². The third-order valence-corrected chi connectivity index (χ3v) is 3.80. The van der Waals surface area contributed by atoms with Crippen LogP contribution in [0.2, 0.25) is 0 Å². The Morgan fingerprint density at radius 2 is 2.00 bits per heavy atom. The van der Waals surface area contributed by atoms with E-state index in [4.69, 9.17) is 9.47 Å². The van der Waals surface area contributed by atoms with Crippen molar-refractivity contribution in [1.29, 1.82) is 0 Å². The molecule has 18 heavy (non-hydrogen) atoms. The summed E-state index contributed by atoms with van der Waals surface area (Å²) < 4.78 is 11.6. The predicted octanol–water partition coefficient (Wildman–Crippen LogP) is 2.14. The van der Waals surface area contributed by atoms with Crippen LogP contribution in [0.15, 0.2) is 0 Å². The van der Waals surface area contributed by atoms with Crippen LogP contribution >= 0.6 is 0 Å². The van der Waals surface area contributed by atoms with Crippen molar-refractivity contribution in [3.05, 3.63) is 0 Å². The van der Waals surface area contributed by atoms with Crippen LogP contribution in [0.25, 0.3) is 0 Å². The van der Waals surface area contributed by atoms with Crippen molar-refractivity contribution < 1.29 is 19.4 Å². The summed E-state index contributed by atoms with van der Waals surface area (Å²) >= 11 is 0. The number of aldehydes is 1. The number of ether oxygens (including phenoxy) is 2. The van der Waals surface area contributed by atoms with Gasteiger partial charge in [-0.3, -0.25) is 0 Å². The minimum atomic E-state index is -0.372. The first-order valence-electron chi connectivity index (χ1n) is 7.00. The Hall–Kier alpha value is -0.450. The Morgan fingerprint density at radius 3 is 2.61 bits per heavy atom. The molecule has 106 valence electrons. The van der Waals surface area contributed by atoms with Crippen LogP contribution in [0.4, 0.5) is 0 Å². The van der Waals surface area contributed by atoms with Gasteiger partial charge in [0.1, 0.15) is 6.29 Å². The lowest BCUT2D eigenvalue weighted by molar-refractivity contribution is -0.262. The van der Waals surface area contributed by atoms with Gasteiger partial charge in [0, 0.05) is 24.9 Å². The monoisotopic (exact) mass is 258 g/mol. The second-order valence-corrected chi connectivity index (χ2v) is 5.19. The minimum absolute atomic E-state index is 0.00568. The lowest BCUT2D eigenvalue weighted by Gasteiger charge is -2.42. The second-order valence-electron chi connectivity index (χ2n) is 5.19. The maximum Gasteiger partial charge on any atom is 0.162 e. The first-order chi connectivity index (χ1) is 8.61. The molecule has 0 aromatic rings. The van der Waals surface area contributed by atoms with Crippen LogP contribution in [-0.4, -0.2) is 36.5 Å². The van der Waals surface area contributed by atoms with Gasteiger partial charge in [0.05, 0.1) is 12.2 Å². The number of carbonyl (C=O) groups excluding carboxylic acids is 1. The SMILES string of the molecule is CCC1OC(OCCCCC=O)C(C)C(O)C1C. The highest BCUT2D eigenvalue weighted by molar-refractivity contribution is 5.48. The van der Waals surface area contributed by atoms with E-state index < -0.39 is 0 Å². The van der Waals surface area contributed by atoms with E-state index in [9.17, 15) is 9.90 Å². The van der Waals surface area contributed by atoms with Crippen molar-refractivity contribution in [3.63, 3.8) is 0 Å². The lowest BCUT2D eigenvalue weighted by Crippen LogP contribution is -2.49. The zero-order valence-corrected chi connectivity index (χ0v) is 11.7. The molecule has 0 aromatic carbocycles. The van der Waals surface area contributed by atoms with Crippen LogP contribution in [-0.2, 0) is 14.3 Å². The van der Waals surface area contributed by atoms with Gasteiger partial charge >= 0.3 is 0 Å². The number of unbranched alkanes of at least 4 members (excludes halogenated alkanes) is 2. The number of aliphatic hydroxyl groups excluding tert-OH is 1. The molecule has 1 heterocycles. The lowest BCUT2D eigenvalue weighted by atomic mass is 9.85. The van der Waals surface area contributed by atoms with E-state index in [1.165, 1.54) is 0 Å². The number of rotatable bonds is 7. The topological polar surface area (TPSA) is 55.8 Å². The summed E-state index contributed by atoms with van der Waals surface area (Å²) in [6, 6.07) is 0. The number of hydrogen-bond acceptors (Lipinski definition) is 4. The highest BCUT2D eigenvalue weighted by atomic mass is 16.7. The van der Waals surface area contributed by atoms with Gasteiger partial charge in [0.25, 0.3) is 0 Å². The Labute approximate surface area is 110 Å². The minimum Gasteiger partial charge on any atom is -0.392 e. The average Bonchev–Trinajstić information content (AvgIpc) is 2.38. The molecule has 5 atom stereocenters. The molecule has 4 nitrogen and oxygen atoms in total. The summed E-state index contributed by atoms with van der Waals surface area (Å²) in [5, 5.41) is 10.2. The summed E-state index contributed by atoms with van der Waals surface area (Å²) in [4.78, 5) is 10.2. The molecule has 1 rings (SSSR count). The summed E-state index contributed by atoms with van der Waals surface area (Å²) in [7, 11) is 0. The van der Waals surface area contributed by atoms with Crippen molar-refractivity contribution >= 4 is 6.29 Å². The van der Waals surface area contributed by atoms with Crippen LogP contribution in [0.5, 0.6) is 0 Å². The number of hydrogen-bond donors (Lipinski definition) is 1. The molecule has 0 aliphatic carbocycles. The molecule has 4 heteroatoms. The molecule has 1 aliphatic rings. The molecule has 0 saturated carbocycles. The molecule has 0 amide bonds. The zero-order chi connectivity index (χ0) is 13.5. The van der Waals surface area contributed by atoms with Gasteiger partial charge in [-0.15, -0.1) is 0 Å². The van der Waals surface area contributed by atoms with Gasteiger partial charge in [0.15, 0.2) is 6.29 Å². The maximum atomic E-state index is 10.2. The molecular formula is C14H26O4. The Bertz CT molecular complexity index is 242. The first kappa shape index (κ1) is 15.6. The van der Waals surface area contributed by atoms with Crippen molar-refractivity contribution in [3.8, 4) is 0 Å². The molecule has 1 fully saturated rings. The largest absolute Gasteiger partial charge is 0.392 e. The molecule has 0 radical (unpaired) electrons. The Kier molecular flexibility index (Phi) is 6.82. The molecule has 5 unspecified atom stereocenters.